The maximum atomic E-state index is 4.84. The molecule has 0 spiro atoms. The molecule has 1 aromatic carbocycles. The van der Waals surface area contributed by atoms with Crippen LogP contribution in [0.25, 0.3) is 11.0 Å². The minimum Gasteiger partial charge on any atom is -0.352 e. The molecular weight excluding hydrogens is 260 g/mol. The van der Waals surface area contributed by atoms with Crippen LogP contribution in [0.5, 0.6) is 0 Å². The number of fused-ring (bicyclic) bond motifs is 3. The fourth-order valence-corrected chi connectivity index (χ4v) is 3.97. The quantitative estimate of drug-likeness (QED) is 0.940. The molecule has 2 saturated heterocycles. The van der Waals surface area contributed by atoms with E-state index in [-0.39, 0.29) is 0 Å². The topological polar surface area (TPSA) is 41.1 Å². The predicted molar refractivity (Wildman–Crippen MR) is 85.5 cm³/mol. The third-order valence-corrected chi connectivity index (χ3v) is 4.96. The molecule has 0 aliphatic carbocycles. The number of hydrogen-bond acceptors (Lipinski definition) is 4. The van der Waals surface area contributed by atoms with E-state index in [0.717, 1.165) is 23.4 Å². The summed E-state index contributed by atoms with van der Waals surface area (Å²) in [6.07, 6.45) is 7.08. The molecule has 1 N–H and O–H groups in total. The van der Waals surface area contributed by atoms with Crippen molar-refractivity contribution in [2.45, 2.75) is 50.7 Å². The number of aromatic nitrogens is 2. The first-order chi connectivity index (χ1) is 10.3. The summed E-state index contributed by atoms with van der Waals surface area (Å²) < 4.78 is 0. The SMILES string of the molecule is CCN(c1cnc2ccccc2n1)C1CC2CCC(C1)N2. The van der Waals surface area contributed by atoms with Crippen LogP contribution in [0.4, 0.5) is 5.82 Å². The van der Waals surface area contributed by atoms with E-state index in [1.807, 2.05) is 30.5 Å². The molecule has 3 heterocycles. The Morgan fingerprint density at radius 1 is 1.14 bits per heavy atom. The van der Waals surface area contributed by atoms with Crippen molar-refractivity contribution >= 4 is 16.9 Å². The molecule has 4 rings (SSSR count). The monoisotopic (exact) mass is 282 g/mol. The minimum atomic E-state index is 0.601. The van der Waals surface area contributed by atoms with Gasteiger partial charge in [-0.05, 0) is 44.7 Å². The normalized spacial score (nSPS) is 28.0. The fourth-order valence-electron chi connectivity index (χ4n) is 3.97. The maximum absolute atomic E-state index is 4.84. The number of hydrogen-bond donors (Lipinski definition) is 1. The maximum Gasteiger partial charge on any atom is 0.148 e. The van der Waals surface area contributed by atoms with Crippen LogP contribution in [0.2, 0.25) is 0 Å². The number of piperidine rings is 1. The van der Waals surface area contributed by atoms with Gasteiger partial charge in [-0.1, -0.05) is 12.1 Å². The lowest BCUT2D eigenvalue weighted by molar-refractivity contribution is 0.348. The van der Waals surface area contributed by atoms with E-state index in [1.165, 1.54) is 25.7 Å². The first-order valence-corrected chi connectivity index (χ1v) is 8.08. The highest BCUT2D eigenvalue weighted by molar-refractivity contribution is 5.75. The molecule has 110 valence electrons. The summed E-state index contributed by atoms with van der Waals surface area (Å²) in [5.74, 6) is 1.03. The zero-order valence-corrected chi connectivity index (χ0v) is 12.5. The average Bonchev–Trinajstić information content (AvgIpc) is 2.86. The summed E-state index contributed by atoms with van der Waals surface area (Å²) in [7, 11) is 0. The van der Waals surface area contributed by atoms with Crippen LogP contribution < -0.4 is 10.2 Å². The van der Waals surface area contributed by atoms with Crippen LogP contribution in [-0.4, -0.2) is 34.6 Å². The molecule has 0 saturated carbocycles. The van der Waals surface area contributed by atoms with Crippen LogP contribution in [0.3, 0.4) is 0 Å². The fraction of sp³-hybridized carbons (Fsp3) is 0.529. The lowest BCUT2D eigenvalue weighted by atomic mass is 9.98. The largest absolute Gasteiger partial charge is 0.352 e. The summed E-state index contributed by atoms with van der Waals surface area (Å²) in [6, 6.07) is 10.1. The van der Waals surface area contributed by atoms with Crippen molar-refractivity contribution < 1.29 is 0 Å². The van der Waals surface area contributed by atoms with Crippen LogP contribution >= 0.6 is 0 Å². The number of rotatable bonds is 3. The molecule has 4 heteroatoms. The van der Waals surface area contributed by atoms with Gasteiger partial charge in [0.05, 0.1) is 17.2 Å². The van der Waals surface area contributed by atoms with E-state index in [0.29, 0.717) is 18.1 Å². The van der Waals surface area contributed by atoms with Crippen molar-refractivity contribution in [3.8, 4) is 0 Å². The minimum absolute atomic E-state index is 0.601. The van der Waals surface area contributed by atoms with E-state index < -0.39 is 0 Å². The van der Waals surface area contributed by atoms with Gasteiger partial charge in [0.2, 0.25) is 0 Å². The van der Waals surface area contributed by atoms with Crippen molar-refractivity contribution in [3.05, 3.63) is 30.5 Å². The number of nitrogens with one attached hydrogen (secondary N) is 1. The molecule has 2 bridgehead atoms. The van der Waals surface area contributed by atoms with Gasteiger partial charge in [-0.2, -0.15) is 0 Å². The zero-order valence-electron chi connectivity index (χ0n) is 12.5. The van der Waals surface area contributed by atoms with E-state index >= 15 is 0 Å². The summed E-state index contributed by atoms with van der Waals surface area (Å²) in [6.45, 7) is 3.22. The van der Waals surface area contributed by atoms with E-state index in [9.17, 15) is 0 Å². The van der Waals surface area contributed by atoms with Crippen LogP contribution in [-0.2, 0) is 0 Å². The van der Waals surface area contributed by atoms with Crippen molar-refractivity contribution in [1.82, 2.24) is 15.3 Å². The molecule has 21 heavy (non-hydrogen) atoms. The lowest BCUT2D eigenvalue weighted by Crippen LogP contribution is -2.48. The first-order valence-electron chi connectivity index (χ1n) is 8.08. The highest BCUT2D eigenvalue weighted by Gasteiger charge is 2.36. The predicted octanol–water partition coefficient (Wildman–Crippen LogP) is 2.74. The Balaban J connectivity index is 1.64. The Bertz CT molecular complexity index is 629. The number of anilines is 1. The zero-order chi connectivity index (χ0) is 14.2. The molecule has 1 aromatic heterocycles. The van der Waals surface area contributed by atoms with E-state index in [4.69, 9.17) is 4.98 Å². The number of para-hydroxylation sites is 2. The summed E-state index contributed by atoms with van der Waals surface area (Å²) in [5, 5.41) is 3.72. The molecule has 0 radical (unpaired) electrons. The summed E-state index contributed by atoms with van der Waals surface area (Å²) in [5.41, 5.74) is 1.97. The molecule has 0 amide bonds. The second-order valence-corrected chi connectivity index (χ2v) is 6.27. The standard InChI is InChI=1S/C17H22N4/c1-2-21(14-9-12-7-8-13(10-14)19-12)17-11-18-15-5-3-4-6-16(15)20-17/h3-6,11-14,19H,2,7-10H2,1H3. The number of nitrogens with zero attached hydrogens (tertiary/aromatic N) is 3. The molecule has 4 nitrogen and oxygen atoms in total. The Labute approximate surface area is 125 Å². The van der Waals surface area contributed by atoms with E-state index in [2.05, 4.69) is 22.1 Å². The molecular formula is C17H22N4. The van der Waals surface area contributed by atoms with Gasteiger partial charge in [0.25, 0.3) is 0 Å². The molecule has 2 aliphatic rings. The summed E-state index contributed by atoms with van der Waals surface area (Å²) in [4.78, 5) is 11.9. The van der Waals surface area contributed by atoms with Crippen LogP contribution in [0.1, 0.15) is 32.6 Å². The molecule has 2 unspecified atom stereocenters. The molecule has 2 atom stereocenters. The number of benzene rings is 1. The van der Waals surface area contributed by atoms with Gasteiger partial charge in [-0.3, -0.25) is 4.98 Å². The highest BCUT2D eigenvalue weighted by Crippen LogP contribution is 2.31. The van der Waals surface area contributed by atoms with Gasteiger partial charge in [0, 0.05) is 24.7 Å². The van der Waals surface area contributed by atoms with Crippen LogP contribution in [0, 0.1) is 0 Å². The van der Waals surface area contributed by atoms with Gasteiger partial charge < -0.3 is 10.2 Å². The Morgan fingerprint density at radius 3 is 2.57 bits per heavy atom. The first kappa shape index (κ1) is 13.0. The second kappa shape index (κ2) is 5.26. The molecule has 2 aliphatic heterocycles. The molecule has 2 aromatic rings. The summed E-state index contributed by atoms with van der Waals surface area (Å²) >= 11 is 0. The highest BCUT2D eigenvalue weighted by atomic mass is 15.2. The van der Waals surface area contributed by atoms with Gasteiger partial charge >= 0.3 is 0 Å². The van der Waals surface area contributed by atoms with Crippen LogP contribution in [0.15, 0.2) is 30.5 Å². The average molecular weight is 282 g/mol. The lowest BCUT2D eigenvalue weighted by Gasteiger charge is -2.37. The Kier molecular flexibility index (Phi) is 3.26. The van der Waals surface area contributed by atoms with Gasteiger partial charge in [-0.15, -0.1) is 0 Å². The van der Waals surface area contributed by atoms with Crippen molar-refractivity contribution in [1.29, 1.82) is 0 Å². The Morgan fingerprint density at radius 2 is 1.86 bits per heavy atom. The molecule has 2 fully saturated rings. The Hall–Kier alpha value is -1.68. The van der Waals surface area contributed by atoms with Gasteiger partial charge in [0.15, 0.2) is 0 Å². The van der Waals surface area contributed by atoms with Crippen molar-refractivity contribution in [3.63, 3.8) is 0 Å². The second-order valence-electron chi connectivity index (χ2n) is 6.27. The van der Waals surface area contributed by atoms with Crippen molar-refractivity contribution in [2.75, 3.05) is 11.4 Å². The van der Waals surface area contributed by atoms with E-state index in [1.54, 1.807) is 0 Å². The van der Waals surface area contributed by atoms with Gasteiger partial charge in [0.1, 0.15) is 5.82 Å². The third-order valence-electron chi connectivity index (χ3n) is 4.96. The third kappa shape index (κ3) is 2.38. The smallest absolute Gasteiger partial charge is 0.148 e. The van der Waals surface area contributed by atoms with Gasteiger partial charge in [-0.25, -0.2) is 4.98 Å². The van der Waals surface area contributed by atoms with Crippen molar-refractivity contribution in [2.24, 2.45) is 0 Å².